The smallest absolute Gasteiger partial charge is 0.349 e. The second kappa shape index (κ2) is 6.64. The zero-order chi connectivity index (χ0) is 19.3. The molecule has 10 heteroatoms. The van der Waals surface area contributed by atoms with Gasteiger partial charge < -0.3 is 9.26 Å². The van der Waals surface area contributed by atoms with Gasteiger partial charge in [-0.1, -0.05) is 11.2 Å². The van der Waals surface area contributed by atoms with Crippen LogP contribution in [0, 0.1) is 6.92 Å². The van der Waals surface area contributed by atoms with Crippen molar-refractivity contribution in [1.82, 2.24) is 19.7 Å². The highest BCUT2D eigenvalue weighted by molar-refractivity contribution is 7.20. The Kier molecular flexibility index (Phi) is 4.09. The highest BCUT2D eigenvalue weighted by Gasteiger charge is 2.24. The van der Waals surface area contributed by atoms with E-state index in [1.807, 2.05) is 17.5 Å². The Labute approximate surface area is 166 Å². The van der Waals surface area contributed by atoms with Crippen LogP contribution in [-0.2, 0) is 24.3 Å². The Balaban J connectivity index is 1.39. The van der Waals surface area contributed by atoms with E-state index in [4.69, 9.17) is 9.26 Å². The zero-order valence-corrected chi connectivity index (χ0v) is 16.4. The third-order valence-electron chi connectivity index (χ3n) is 4.63. The molecule has 142 valence electrons. The number of carbonyl (C=O) groups is 1. The van der Waals surface area contributed by atoms with Crippen LogP contribution in [0.15, 0.2) is 26.8 Å². The van der Waals surface area contributed by atoms with E-state index in [1.165, 1.54) is 22.7 Å². The summed E-state index contributed by atoms with van der Waals surface area (Å²) in [4.78, 5) is 35.9. The van der Waals surface area contributed by atoms with Crippen molar-refractivity contribution < 1.29 is 14.1 Å². The normalized spacial score (nSPS) is 13.2. The SMILES string of the molecule is Cc1c(C(=O)OCc2nc(-c3cccs3)no2)sc2nc3n(c(=O)c12)CCC3. The van der Waals surface area contributed by atoms with E-state index >= 15 is 0 Å². The molecule has 8 nitrogen and oxygen atoms in total. The average Bonchev–Trinajstić information content (AvgIpc) is 3.46. The second-order valence-corrected chi connectivity index (χ2v) is 8.34. The number of hydrogen-bond donors (Lipinski definition) is 0. The number of nitrogens with zero attached hydrogens (tertiary/aromatic N) is 4. The lowest BCUT2D eigenvalue weighted by Gasteiger charge is -2.02. The van der Waals surface area contributed by atoms with Crippen LogP contribution in [0.1, 0.15) is 33.4 Å². The van der Waals surface area contributed by atoms with Crippen molar-refractivity contribution in [3.63, 3.8) is 0 Å². The molecule has 0 amide bonds. The molecule has 0 aromatic carbocycles. The molecule has 28 heavy (non-hydrogen) atoms. The zero-order valence-electron chi connectivity index (χ0n) is 14.8. The lowest BCUT2D eigenvalue weighted by Crippen LogP contribution is -2.20. The number of aryl methyl sites for hydroxylation is 2. The van der Waals surface area contributed by atoms with Crippen LogP contribution in [0.25, 0.3) is 20.9 Å². The molecule has 5 heterocycles. The quantitative estimate of drug-likeness (QED) is 0.473. The standard InChI is InChI=1S/C18H14N4O4S2/c1-9-13-16(19-11-5-2-6-22(11)17(13)23)28-14(9)18(24)25-8-12-20-15(21-26-12)10-4-3-7-27-10/h3-4,7H,2,5-6,8H2,1H3. The van der Waals surface area contributed by atoms with Gasteiger partial charge in [0.15, 0.2) is 6.61 Å². The molecule has 0 aliphatic carbocycles. The fraction of sp³-hybridized carbons (Fsp3) is 0.278. The minimum Gasteiger partial charge on any atom is -0.451 e. The molecule has 1 aliphatic heterocycles. The van der Waals surface area contributed by atoms with Gasteiger partial charge in [-0.05, 0) is 30.4 Å². The highest BCUT2D eigenvalue weighted by atomic mass is 32.1. The Bertz CT molecular complexity index is 1250. The third kappa shape index (κ3) is 2.76. The predicted octanol–water partition coefficient (Wildman–Crippen LogP) is 3.18. The monoisotopic (exact) mass is 414 g/mol. The summed E-state index contributed by atoms with van der Waals surface area (Å²) in [6.45, 7) is 2.30. The average molecular weight is 414 g/mol. The van der Waals surface area contributed by atoms with E-state index < -0.39 is 5.97 Å². The first-order valence-corrected chi connectivity index (χ1v) is 10.4. The Hall–Kier alpha value is -2.85. The fourth-order valence-corrected chi connectivity index (χ4v) is 5.02. The first kappa shape index (κ1) is 17.3. The summed E-state index contributed by atoms with van der Waals surface area (Å²) >= 11 is 2.68. The second-order valence-electron chi connectivity index (χ2n) is 6.39. The number of ether oxygens (including phenoxy) is 1. The van der Waals surface area contributed by atoms with Crippen LogP contribution in [0.3, 0.4) is 0 Å². The molecule has 1 aliphatic rings. The van der Waals surface area contributed by atoms with Gasteiger partial charge in [0.2, 0.25) is 5.82 Å². The summed E-state index contributed by atoms with van der Waals surface area (Å²) in [5, 5.41) is 6.31. The molecular formula is C18H14N4O4S2. The van der Waals surface area contributed by atoms with Gasteiger partial charge in [0.1, 0.15) is 15.5 Å². The highest BCUT2D eigenvalue weighted by Crippen LogP contribution is 2.29. The molecule has 4 aromatic heterocycles. The van der Waals surface area contributed by atoms with E-state index in [2.05, 4.69) is 15.1 Å². The van der Waals surface area contributed by atoms with Crippen LogP contribution in [0.2, 0.25) is 0 Å². The summed E-state index contributed by atoms with van der Waals surface area (Å²) in [6.07, 6.45) is 1.71. The minimum absolute atomic E-state index is 0.0807. The van der Waals surface area contributed by atoms with Gasteiger partial charge in [-0.15, -0.1) is 22.7 Å². The number of rotatable bonds is 4. The molecule has 0 unspecified atom stereocenters. The summed E-state index contributed by atoms with van der Waals surface area (Å²) in [5.41, 5.74) is 0.525. The van der Waals surface area contributed by atoms with Gasteiger partial charge in [0.25, 0.3) is 11.4 Å². The number of hydrogen-bond acceptors (Lipinski definition) is 9. The van der Waals surface area contributed by atoms with Crippen molar-refractivity contribution in [2.24, 2.45) is 0 Å². The molecule has 0 fully saturated rings. The first-order chi connectivity index (χ1) is 13.6. The van der Waals surface area contributed by atoms with Crippen molar-refractivity contribution in [3.05, 3.63) is 50.0 Å². The van der Waals surface area contributed by atoms with E-state index in [-0.39, 0.29) is 18.1 Å². The Morgan fingerprint density at radius 3 is 3.11 bits per heavy atom. The topological polar surface area (TPSA) is 100 Å². The molecule has 0 N–H and O–H groups in total. The van der Waals surface area contributed by atoms with Crippen molar-refractivity contribution >= 4 is 38.9 Å². The number of thiophene rings is 2. The molecule has 4 aromatic rings. The maximum absolute atomic E-state index is 12.7. The lowest BCUT2D eigenvalue weighted by atomic mass is 10.2. The number of fused-ring (bicyclic) bond motifs is 2. The molecule has 0 spiro atoms. The first-order valence-electron chi connectivity index (χ1n) is 8.68. The van der Waals surface area contributed by atoms with Gasteiger partial charge in [0, 0.05) is 13.0 Å². The summed E-state index contributed by atoms with van der Waals surface area (Å²) in [7, 11) is 0. The molecule has 0 saturated heterocycles. The van der Waals surface area contributed by atoms with Gasteiger partial charge in [-0.25, -0.2) is 9.78 Å². The van der Waals surface area contributed by atoms with Gasteiger partial charge in [-0.3, -0.25) is 9.36 Å². The van der Waals surface area contributed by atoms with Crippen LogP contribution in [0.4, 0.5) is 0 Å². The van der Waals surface area contributed by atoms with E-state index in [0.717, 1.165) is 23.5 Å². The van der Waals surface area contributed by atoms with Gasteiger partial charge >= 0.3 is 5.97 Å². The van der Waals surface area contributed by atoms with Gasteiger partial charge in [0.05, 0.1) is 10.3 Å². The van der Waals surface area contributed by atoms with Crippen LogP contribution >= 0.6 is 22.7 Å². The molecule has 0 radical (unpaired) electrons. The van der Waals surface area contributed by atoms with Crippen molar-refractivity contribution in [2.45, 2.75) is 32.9 Å². The molecule has 0 atom stereocenters. The van der Waals surface area contributed by atoms with Crippen molar-refractivity contribution in [1.29, 1.82) is 0 Å². The maximum Gasteiger partial charge on any atom is 0.349 e. The molecule has 0 bridgehead atoms. The van der Waals surface area contributed by atoms with Crippen molar-refractivity contribution in [3.8, 4) is 10.7 Å². The molecular weight excluding hydrogens is 400 g/mol. The van der Waals surface area contributed by atoms with E-state index in [0.29, 0.717) is 33.0 Å². The van der Waals surface area contributed by atoms with Crippen molar-refractivity contribution in [2.75, 3.05) is 0 Å². The van der Waals surface area contributed by atoms with Crippen LogP contribution in [-0.4, -0.2) is 25.7 Å². The van der Waals surface area contributed by atoms with Gasteiger partial charge in [-0.2, -0.15) is 4.98 Å². The summed E-state index contributed by atoms with van der Waals surface area (Å²) < 4.78 is 12.2. The lowest BCUT2D eigenvalue weighted by molar-refractivity contribution is 0.0435. The summed E-state index contributed by atoms with van der Waals surface area (Å²) in [5.74, 6) is 0.935. The minimum atomic E-state index is -0.527. The third-order valence-corrected chi connectivity index (χ3v) is 6.66. The molecule has 0 saturated carbocycles. The predicted molar refractivity (Wildman–Crippen MR) is 104 cm³/mol. The Morgan fingerprint density at radius 2 is 2.29 bits per heavy atom. The van der Waals surface area contributed by atoms with Crippen LogP contribution in [0.5, 0.6) is 0 Å². The number of aromatic nitrogens is 4. The summed E-state index contributed by atoms with van der Waals surface area (Å²) in [6, 6.07) is 3.78. The van der Waals surface area contributed by atoms with Crippen LogP contribution < -0.4 is 5.56 Å². The number of esters is 1. The fourth-order valence-electron chi connectivity index (χ4n) is 3.28. The number of carbonyl (C=O) groups excluding carboxylic acids is 1. The van der Waals surface area contributed by atoms with E-state index in [1.54, 1.807) is 11.5 Å². The maximum atomic E-state index is 12.7. The largest absolute Gasteiger partial charge is 0.451 e. The Morgan fingerprint density at radius 1 is 1.39 bits per heavy atom. The molecule has 5 rings (SSSR count). The van der Waals surface area contributed by atoms with E-state index in [9.17, 15) is 9.59 Å².